The van der Waals surface area contributed by atoms with Crippen LogP contribution in [0.25, 0.3) is 5.57 Å². The van der Waals surface area contributed by atoms with E-state index in [2.05, 4.69) is 38.3 Å². The van der Waals surface area contributed by atoms with Gasteiger partial charge in [0.2, 0.25) is 0 Å². The molecule has 0 amide bonds. The van der Waals surface area contributed by atoms with Crippen molar-refractivity contribution in [2.24, 2.45) is 5.41 Å². The zero-order chi connectivity index (χ0) is 11.8. The number of benzene rings is 1. The molecule has 1 heterocycles. The van der Waals surface area contributed by atoms with Crippen LogP contribution in [0, 0.1) is 16.7 Å². The number of allylic oxidation sites excluding steroid dienone is 1. The molecular formula is C14H15NS. The highest BCUT2D eigenvalue weighted by Gasteiger charge is 2.23. The molecule has 0 saturated heterocycles. The number of hydrogen-bond acceptors (Lipinski definition) is 2. The van der Waals surface area contributed by atoms with Crippen molar-refractivity contribution >= 4 is 17.3 Å². The molecule has 0 fully saturated rings. The van der Waals surface area contributed by atoms with Crippen molar-refractivity contribution in [1.82, 2.24) is 0 Å². The van der Waals surface area contributed by atoms with Gasteiger partial charge in [-0.05, 0) is 39.7 Å². The molecular weight excluding hydrogens is 214 g/mol. The molecule has 0 spiro atoms. The second-order valence-corrected chi connectivity index (χ2v) is 5.93. The number of nitriles is 1. The van der Waals surface area contributed by atoms with Crippen LogP contribution in [0.5, 0.6) is 0 Å². The van der Waals surface area contributed by atoms with Crippen molar-refractivity contribution in [2.75, 3.05) is 0 Å². The molecule has 0 N–H and O–H groups in total. The van der Waals surface area contributed by atoms with Gasteiger partial charge in [0.25, 0.3) is 0 Å². The Morgan fingerprint density at radius 1 is 1.31 bits per heavy atom. The van der Waals surface area contributed by atoms with E-state index in [9.17, 15) is 0 Å². The Kier molecular flexibility index (Phi) is 2.82. The number of fused-ring (bicyclic) bond motifs is 1. The van der Waals surface area contributed by atoms with Crippen LogP contribution in [0.2, 0.25) is 0 Å². The first-order valence-corrected chi connectivity index (χ1v) is 6.43. The summed E-state index contributed by atoms with van der Waals surface area (Å²) in [5, 5.41) is 11.2. The van der Waals surface area contributed by atoms with Gasteiger partial charge in [-0.3, -0.25) is 0 Å². The highest BCUT2D eigenvalue weighted by atomic mass is 32.2. The van der Waals surface area contributed by atoms with Gasteiger partial charge in [-0.2, -0.15) is 5.26 Å². The van der Waals surface area contributed by atoms with E-state index in [1.807, 2.05) is 23.9 Å². The molecule has 1 aromatic carbocycles. The van der Waals surface area contributed by atoms with Gasteiger partial charge < -0.3 is 0 Å². The quantitative estimate of drug-likeness (QED) is 0.666. The SMILES string of the molecule is CC(C)(C)C1=CSCc2ccc(C#N)cc21. The number of rotatable bonds is 0. The van der Waals surface area contributed by atoms with Crippen molar-refractivity contribution in [1.29, 1.82) is 5.26 Å². The minimum atomic E-state index is 0.135. The second-order valence-electron chi connectivity index (χ2n) is 5.08. The standard InChI is InChI=1S/C14H15NS/c1-14(2,3)13-9-16-8-11-5-4-10(7-15)6-12(11)13/h4-6,9H,8H2,1-3H3. The smallest absolute Gasteiger partial charge is 0.0991 e. The van der Waals surface area contributed by atoms with Gasteiger partial charge in [0.15, 0.2) is 0 Å². The van der Waals surface area contributed by atoms with E-state index < -0.39 is 0 Å². The first kappa shape index (κ1) is 11.3. The summed E-state index contributed by atoms with van der Waals surface area (Å²) in [4.78, 5) is 0. The molecule has 1 aliphatic rings. The van der Waals surface area contributed by atoms with Crippen LogP contribution < -0.4 is 0 Å². The van der Waals surface area contributed by atoms with Crippen LogP contribution in [0.3, 0.4) is 0 Å². The monoisotopic (exact) mass is 229 g/mol. The summed E-state index contributed by atoms with van der Waals surface area (Å²) in [6, 6.07) is 8.23. The molecule has 0 radical (unpaired) electrons. The van der Waals surface area contributed by atoms with Crippen LogP contribution >= 0.6 is 11.8 Å². The van der Waals surface area contributed by atoms with Crippen molar-refractivity contribution in [2.45, 2.75) is 26.5 Å². The lowest BCUT2D eigenvalue weighted by Gasteiger charge is -2.28. The number of hydrogen-bond donors (Lipinski definition) is 0. The summed E-state index contributed by atoms with van der Waals surface area (Å²) < 4.78 is 0. The zero-order valence-electron chi connectivity index (χ0n) is 9.87. The lowest BCUT2D eigenvalue weighted by atomic mass is 9.81. The second kappa shape index (κ2) is 3.99. The molecule has 2 rings (SSSR count). The Hall–Kier alpha value is -1.20. The lowest BCUT2D eigenvalue weighted by molar-refractivity contribution is 0.567. The molecule has 16 heavy (non-hydrogen) atoms. The average molecular weight is 229 g/mol. The maximum atomic E-state index is 8.95. The Bertz CT molecular complexity index is 486. The van der Waals surface area contributed by atoms with E-state index in [0.717, 1.165) is 11.3 Å². The lowest BCUT2D eigenvalue weighted by Crippen LogP contribution is -2.12. The Labute approximate surface area is 101 Å². The maximum Gasteiger partial charge on any atom is 0.0991 e. The summed E-state index contributed by atoms with van der Waals surface area (Å²) in [5.41, 5.74) is 4.83. The molecule has 2 heteroatoms. The van der Waals surface area contributed by atoms with Gasteiger partial charge >= 0.3 is 0 Å². The molecule has 0 aliphatic carbocycles. The van der Waals surface area contributed by atoms with Crippen LogP contribution in [-0.2, 0) is 5.75 Å². The topological polar surface area (TPSA) is 23.8 Å². The normalized spacial score (nSPS) is 15.0. The third-order valence-electron chi connectivity index (χ3n) is 2.78. The molecule has 0 atom stereocenters. The summed E-state index contributed by atoms with van der Waals surface area (Å²) in [6.07, 6.45) is 0. The first-order valence-electron chi connectivity index (χ1n) is 5.38. The predicted octanol–water partition coefficient (Wildman–Crippen LogP) is 4.19. The van der Waals surface area contributed by atoms with Gasteiger partial charge in [0.1, 0.15) is 0 Å². The highest BCUT2D eigenvalue weighted by Crippen LogP contribution is 2.42. The third-order valence-corrected chi connectivity index (χ3v) is 3.66. The van der Waals surface area contributed by atoms with Crippen LogP contribution in [0.15, 0.2) is 23.6 Å². The fraction of sp³-hybridized carbons (Fsp3) is 0.357. The van der Waals surface area contributed by atoms with Gasteiger partial charge in [-0.25, -0.2) is 0 Å². The largest absolute Gasteiger partial charge is 0.192 e. The molecule has 82 valence electrons. The fourth-order valence-corrected chi connectivity index (χ4v) is 3.04. The summed E-state index contributed by atoms with van der Waals surface area (Å²) in [7, 11) is 0. The molecule has 1 aliphatic heterocycles. The summed E-state index contributed by atoms with van der Waals surface area (Å²) in [5.74, 6) is 1.01. The van der Waals surface area contributed by atoms with Crippen molar-refractivity contribution in [3.8, 4) is 6.07 Å². The number of nitrogens with zero attached hydrogens (tertiary/aromatic N) is 1. The molecule has 0 unspecified atom stereocenters. The fourth-order valence-electron chi connectivity index (χ4n) is 1.88. The molecule has 1 aromatic rings. The van der Waals surface area contributed by atoms with Crippen molar-refractivity contribution < 1.29 is 0 Å². The maximum absolute atomic E-state index is 8.95. The van der Waals surface area contributed by atoms with Gasteiger partial charge in [-0.1, -0.05) is 26.8 Å². The van der Waals surface area contributed by atoms with Gasteiger partial charge in [0, 0.05) is 5.75 Å². The Morgan fingerprint density at radius 3 is 2.69 bits per heavy atom. The van der Waals surface area contributed by atoms with E-state index in [0.29, 0.717) is 0 Å². The highest BCUT2D eigenvalue weighted by molar-refractivity contribution is 8.01. The van der Waals surface area contributed by atoms with Gasteiger partial charge in [-0.15, -0.1) is 11.8 Å². The first-order chi connectivity index (χ1) is 7.52. The van der Waals surface area contributed by atoms with E-state index >= 15 is 0 Å². The minimum Gasteiger partial charge on any atom is -0.192 e. The van der Waals surface area contributed by atoms with Crippen LogP contribution in [-0.4, -0.2) is 0 Å². The van der Waals surface area contributed by atoms with Crippen LogP contribution in [0.1, 0.15) is 37.5 Å². The van der Waals surface area contributed by atoms with E-state index in [4.69, 9.17) is 5.26 Å². The van der Waals surface area contributed by atoms with Crippen LogP contribution in [0.4, 0.5) is 0 Å². The van der Waals surface area contributed by atoms with E-state index in [1.165, 1.54) is 16.7 Å². The zero-order valence-corrected chi connectivity index (χ0v) is 10.7. The average Bonchev–Trinajstić information content (AvgIpc) is 2.26. The molecule has 0 bridgehead atoms. The number of thioether (sulfide) groups is 1. The summed E-state index contributed by atoms with van der Waals surface area (Å²) in [6.45, 7) is 6.65. The van der Waals surface area contributed by atoms with E-state index in [-0.39, 0.29) is 5.41 Å². The molecule has 0 aromatic heterocycles. The van der Waals surface area contributed by atoms with E-state index in [1.54, 1.807) is 0 Å². The molecule has 1 nitrogen and oxygen atoms in total. The minimum absolute atomic E-state index is 0.135. The Morgan fingerprint density at radius 2 is 2.06 bits per heavy atom. The molecule has 0 saturated carbocycles. The predicted molar refractivity (Wildman–Crippen MR) is 69.9 cm³/mol. The summed E-state index contributed by atoms with van der Waals surface area (Å²) >= 11 is 1.84. The Balaban J connectivity index is 2.57. The van der Waals surface area contributed by atoms with Crippen molar-refractivity contribution in [3.05, 3.63) is 40.3 Å². The van der Waals surface area contributed by atoms with Crippen molar-refractivity contribution in [3.63, 3.8) is 0 Å². The third kappa shape index (κ3) is 2.01. The van der Waals surface area contributed by atoms with Gasteiger partial charge in [0.05, 0.1) is 11.6 Å².